The summed E-state index contributed by atoms with van der Waals surface area (Å²) in [5.74, 6) is 1.67. The Bertz CT molecular complexity index is 530. The quantitative estimate of drug-likeness (QED) is 0.909. The zero-order chi connectivity index (χ0) is 13.9. The Labute approximate surface area is 125 Å². The number of rotatable bonds is 4. The minimum absolute atomic E-state index is 0.671. The minimum Gasteiger partial charge on any atom is -0.317 e. The second-order valence-corrected chi connectivity index (χ2v) is 7.14. The SMILES string of the molecule is CCC1CCC(NC)C(Cc2nc3ccccc3s2)C1. The van der Waals surface area contributed by atoms with Crippen LogP contribution in [0.1, 0.15) is 37.6 Å². The summed E-state index contributed by atoms with van der Waals surface area (Å²) in [6.07, 6.45) is 6.54. The van der Waals surface area contributed by atoms with Crippen molar-refractivity contribution >= 4 is 21.6 Å². The largest absolute Gasteiger partial charge is 0.317 e. The standard InChI is InChI=1S/C17H24N2S/c1-3-12-8-9-14(18-2)13(10-12)11-17-19-15-6-4-5-7-16(15)20-17/h4-7,12-14,18H,3,8-11H2,1-2H3. The van der Waals surface area contributed by atoms with Gasteiger partial charge in [-0.2, -0.15) is 0 Å². The van der Waals surface area contributed by atoms with Crippen molar-refractivity contribution in [2.45, 2.75) is 45.1 Å². The first-order valence-electron chi connectivity index (χ1n) is 7.81. The lowest BCUT2D eigenvalue weighted by Crippen LogP contribution is -2.39. The summed E-state index contributed by atoms with van der Waals surface area (Å²) < 4.78 is 1.33. The molecule has 0 radical (unpaired) electrons. The molecule has 1 N–H and O–H groups in total. The van der Waals surface area contributed by atoms with E-state index in [0.717, 1.165) is 23.8 Å². The molecule has 0 spiro atoms. The molecule has 0 aliphatic heterocycles. The Morgan fingerprint density at radius 1 is 1.30 bits per heavy atom. The number of benzene rings is 1. The molecule has 0 amide bonds. The van der Waals surface area contributed by atoms with Gasteiger partial charge in [-0.3, -0.25) is 0 Å². The van der Waals surface area contributed by atoms with Gasteiger partial charge in [0, 0.05) is 12.5 Å². The minimum atomic E-state index is 0.671. The molecule has 1 aromatic heterocycles. The van der Waals surface area contributed by atoms with E-state index in [-0.39, 0.29) is 0 Å². The van der Waals surface area contributed by atoms with E-state index in [2.05, 4.69) is 43.6 Å². The van der Waals surface area contributed by atoms with Crippen LogP contribution in [-0.2, 0) is 6.42 Å². The molecule has 1 aromatic carbocycles. The third kappa shape index (κ3) is 2.89. The van der Waals surface area contributed by atoms with Gasteiger partial charge in [0.25, 0.3) is 0 Å². The molecular formula is C17H24N2S. The van der Waals surface area contributed by atoms with Crippen molar-refractivity contribution in [3.05, 3.63) is 29.3 Å². The zero-order valence-corrected chi connectivity index (χ0v) is 13.2. The number of fused-ring (bicyclic) bond motifs is 1. The van der Waals surface area contributed by atoms with Gasteiger partial charge >= 0.3 is 0 Å². The van der Waals surface area contributed by atoms with Gasteiger partial charge in [0.1, 0.15) is 0 Å². The summed E-state index contributed by atoms with van der Waals surface area (Å²) in [7, 11) is 2.11. The third-order valence-electron chi connectivity index (χ3n) is 4.81. The highest BCUT2D eigenvalue weighted by atomic mass is 32.1. The Balaban J connectivity index is 1.76. The van der Waals surface area contributed by atoms with Crippen molar-refractivity contribution in [1.29, 1.82) is 0 Å². The number of nitrogens with zero attached hydrogens (tertiary/aromatic N) is 1. The second-order valence-electron chi connectivity index (χ2n) is 6.02. The third-order valence-corrected chi connectivity index (χ3v) is 5.87. The highest BCUT2D eigenvalue weighted by Gasteiger charge is 2.29. The summed E-state index contributed by atoms with van der Waals surface area (Å²) in [4.78, 5) is 4.82. The van der Waals surface area contributed by atoms with E-state index in [1.807, 2.05) is 11.3 Å². The van der Waals surface area contributed by atoms with Gasteiger partial charge in [-0.15, -0.1) is 11.3 Å². The van der Waals surface area contributed by atoms with Crippen molar-refractivity contribution in [3.63, 3.8) is 0 Å². The Hall–Kier alpha value is -0.930. The topological polar surface area (TPSA) is 24.9 Å². The highest BCUT2D eigenvalue weighted by Crippen LogP contribution is 2.34. The highest BCUT2D eigenvalue weighted by molar-refractivity contribution is 7.18. The first-order chi connectivity index (χ1) is 9.80. The molecule has 0 bridgehead atoms. The molecule has 3 atom stereocenters. The van der Waals surface area contributed by atoms with Crippen LogP contribution in [0, 0.1) is 11.8 Å². The number of thiazole rings is 1. The lowest BCUT2D eigenvalue weighted by molar-refractivity contribution is 0.205. The van der Waals surface area contributed by atoms with Crippen molar-refractivity contribution in [3.8, 4) is 0 Å². The van der Waals surface area contributed by atoms with Crippen LogP contribution in [0.25, 0.3) is 10.2 Å². The molecule has 108 valence electrons. The predicted octanol–water partition coefficient (Wildman–Crippen LogP) is 4.25. The molecule has 1 heterocycles. The van der Waals surface area contributed by atoms with Gasteiger partial charge in [0.05, 0.1) is 15.2 Å². The number of nitrogens with one attached hydrogen (secondary N) is 1. The first kappa shape index (κ1) is 14.0. The second kappa shape index (κ2) is 6.23. The van der Waals surface area contributed by atoms with E-state index in [4.69, 9.17) is 4.98 Å². The van der Waals surface area contributed by atoms with Crippen LogP contribution in [0.5, 0.6) is 0 Å². The van der Waals surface area contributed by atoms with Crippen LogP contribution < -0.4 is 5.32 Å². The normalized spacial score (nSPS) is 27.0. The number of aromatic nitrogens is 1. The fourth-order valence-corrected chi connectivity index (χ4v) is 4.63. The maximum Gasteiger partial charge on any atom is 0.0941 e. The smallest absolute Gasteiger partial charge is 0.0941 e. The van der Waals surface area contributed by atoms with Crippen molar-refractivity contribution in [1.82, 2.24) is 10.3 Å². The van der Waals surface area contributed by atoms with Crippen LogP contribution in [-0.4, -0.2) is 18.1 Å². The molecule has 0 saturated heterocycles. The van der Waals surface area contributed by atoms with Gasteiger partial charge in [-0.05, 0) is 50.3 Å². The van der Waals surface area contributed by atoms with Crippen LogP contribution in [0.3, 0.4) is 0 Å². The lowest BCUT2D eigenvalue weighted by Gasteiger charge is -2.35. The Kier molecular flexibility index (Phi) is 4.37. The molecular weight excluding hydrogens is 264 g/mol. The van der Waals surface area contributed by atoms with Crippen molar-refractivity contribution in [2.24, 2.45) is 11.8 Å². The molecule has 3 rings (SSSR count). The van der Waals surface area contributed by atoms with Crippen molar-refractivity contribution < 1.29 is 0 Å². The fourth-order valence-electron chi connectivity index (χ4n) is 3.57. The zero-order valence-electron chi connectivity index (χ0n) is 12.4. The molecule has 20 heavy (non-hydrogen) atoms. The lowest BCUT2D eigenvalue weighted by atomic mass is 9.75. The summed E-state index contributed by atoms with van der Waals surface area (Å²) in [5, 5.41) is 4.84. The summed E-state index contributed by atoms with van der Waals surface area (Å²) in [6, 6.07) is 9.16. The van der Waals surface area contributed by atoms with Crippen LogP contribution in [0.2, 0.25) is 0 Å². The van der Waals surface area contributed by atoms with E-state index in [0.29, 0.717) is 6.04 Å². The van der Waals surface area contributed by atoms with Gasteiger partial charge in [-0.1, -0.05) is 25.5 Å². The van der Waals surface area contributed by atoms with Crippen LogP contribution in [0.4, 0.5) is 0 Å². The maximum absolute atomic E-state index is 4.82. The van der Waals surface area contributed by atoms with Crippen LogP contribution >= 0.6 is 11.3 Å². The summed E-state index contributed by atoms with van der Waals surface area (Å²) in [5.41, 5.74) is 1.16. The van der Waals surface area contributed by atoms with Crippen molar-refractivity contribution in [2.75, 3.05) is 7.05 Å². The molecule has 1 aliphatic carbocycles. The number of para-hydroxylation sites is 1. The molecule has 1 aliphatic rings. The van der Waals surface area contributed by atoms with Gasteiger partial charge < -0.3 is 5.32 Å². The van der Waals surface area contributed by atoms with E-state index >= 15 is 0 Å². The molecule has 1 saturated carbocycles. The molecule has 3 unspecified atom stereocenters. The maximum atomic E-state index is 4.82. The Morgan fingerprint density at radius 2 is 2.15 bits per heavy atom. The first-order valence-corrected chi connectivity index (χ1v) is 8.63. The van der Waals surface area contributed by atoms with Crippen LogP contribution in [0.15, 0.2) is 24.3 Å². The Morgan fingerprint density at radius 3 is 2.90 bits per heavy atom. The summed E-state index contributed by atoms with van der Waals surface area (Å²) in [6.45, 7) is 2.33. The molecule has 3 heteroatoms. The van der Waals surface area contributed by atoms with E-state index in [9.17, 15) is 0 Å². The monoisotopic (exact) mass is 288 g/mol. The summed E-state index contributed by atoms with van der Waals surface area (Å²) >= 11 is 1.87. The van der Waals surface area contributed by atoms with Gasteiger partial charge in [0.15, 0.2) is 0 Å². The average Bonchev–Trinajstić information content (AvgIpc) is 2.89. The molecule has 1 fully saturated rings. The predicted molar refractivity (Wildman–Crippen MR) is 87.3 cm³/mol. The number of hydrogen-bond donors (Lipinski definition) is 1. The molecule has 2 nitrogen and oxygen atoms in total. The fraction of sp³-hybridized carbons (Fsp3) is 0.588. The number of hydrogen-bond acceptors (Lipinski definition) is 3. The average molecular weight is 288 g/mol. The van der Waals surface area contributed by atoms with Gasteiger partial charge in [0.2, 0.25) is 0 Å². The van der Waals surface area contributed by atoms with E-state index in [1.54, 1.807) is 0 Å². The molecule has 2 aromatic rings. The van der Waals surface area contributed by atoms with E-state index < -0.39 is 0 Å². The van der Waals surface area contributed by atoms with E-state index in [1.165, 1.54) is 35.4 Å². The van der Waals surface area contributed by atoms with Gasteiger partial charge in [-0.25, -0.2) is 4.98 Å².